The summed E-state index contributed by atoms with van der Waals surface area (Å²) in [6, 6.07) is 6.20. The van der Waals surface area contributed by atoms with Gasteiger partial charge in [0.25, 0.3) is 0 Å². The number of ether oxygens (including phenoxy) is 1. The highest BCUT2D eigenvalue weighted by atomic mass is 16.5. The highest BCUT2D eigenvalue weighted by Crippen LogP contribution is 2.31. The minimum absolute atomic E-state index is 0.965. The maximum atomic E-state index is 9.10. The van der Waals surface area contributed by atoms with Gasteiger partial charge in [-0.2, -0.15) is 0 Å². The average Bonchev–Trinajstić information content (AvgIpc) is 2.38. The molecular weight excluding hydrogens is 238 g/mol. The Bertz CT molecular complexity index is 418. The Morgan fingerprint density at radius 3 is 2.50 bits per heavy atom. The Hall–Kier alpha value is -2.24. The quantitative estimate of drug-likeness (QED) is 0.651. The van der Waals surface area contributed by atoms with Gasteiger partial charge in [-0.25, -0.2) is 9.59 Å². The molecule has 2 rings (SSSR count). The van der Waals surface area contributed by atoms with Crippen molar-refractivity contribution in [3.8, 4) is 5.75 Å². The van der Waals surface area contributed by atoms with Crippen molar-refractivity contribution in [2.24, 2.45) is 0 Å². The Kier molecular flexibility index (Phi) is 4.98. The van der Waals surface area contributed by atoms with E-state index in [9.17, 15) is 0 Å². The number of anilines is 1. The maximum Gasteiger partial charge on any atom is 0.414 e. The molecule has 1 aromatic rings. The fourth-order valence-corrected chi connectivity index (χ4v) is 1.65. The number of fused-ring (bicyclic) bond motifs is 1. The Labute approximate surface area is 104 Å². The van der Waals surface area contributed by atoms with Crippen LogP contribution in [0.5, 0.6) is 5.75 Å². The number of hydrogen-bond acceptors (Lipinski definition) is 4. The van der Waals surface area contributed by atoms with E-state index < -0.39 is 11.9 Å². The molecule has 0 aromatic heterocycles. The van der Waals surface area contributed by atoms with Crippen molar-refractivity contribution in [2.75, 3.05) is 19.0 Å². The number of carboxylic acids is 2. The fraction of sp³-hybridized carbons (Fsp3) is 0.333. The van der Waals surface area contributed by atoms with Crippen molar-refractivity contribution < 1.29 is 24.5 Å². The van der Waals surface area contributed by atoms with Crippen molar-refractivity contribution >= 4 is 17.6 Å². The summed E-state index contributed by atoms with van der Waals surface area (Å²) < 4.78 is 5.25. The van der Waals surface area contributed by atoms with Crippen LogP contribution in [0.2, 0.25) is 0 Å². The summed E-state index contributed by atoms with van der Waals surface area (Å²) in [5.74, 6) is -2.68. The van der Waals surface area contributed by atoms with Gasteiger partial charge in [0.15, 0.2) is 0 Å². The van der Waals surface area contributed by atoms with E-state index in [4.69, 9.17) is 24.5 Å². The van der Waals surface area contributed by atoms with Crippen molar-refractivity contribution in [2.45, 2.75) is 12.8 Å². The van der Waals surface area contributed by atoms with E-state index in [-0.39, 0.29) is 0 Å². The fourth-order valence-electron chi connectivity index (χ4n) is 1.65. The first-order valence-corrected chi connectivity index (χ1v) is 5.42. The normalized spacial score (nSPS) is 12.3. The average molecular weight is 253 g/mol. The zero-order chi connectivity index (χ0) is 13.5. The minimum atomic E-state index is -1.82. The molecule has 0 bridgehead atoms. The number of carbonyl (C=O) groups is 2. The predicted molar refractivity (Wildman–Crippen MR) is 65.1 cm³/mol. The molecule has 0 saturated heterocycles. The van der Waals surface area contributed by atoms with Crippen LogP contribution >= 0.6 is 0 Å². The molecule has 0 spiro atoms. The molecule has 0 fully saturated rings. The van der Waals surface area contributed by atoms with Gasteiger partial charge in [0.1, 0.15) is 5.75 Å². The molecule has 0 radical (unpaired) electrons. The van der Waals surface area contributed by atoms with Crippen LogP contribution < -0.4 is 10.1 Å². The molecule has 6 heteroatoms. The van der Waals surface area contributed by atoms with Crippen molar-refractivity contribution in [1.29, 1.82) is 0 Å². The topological polar surface area (TPSA) is 95.9 Å². The molecule has 6 nitrogen and oxygen atoms in total. The standard InChI is InChI=1S/C10H13NO.C2H2O4/c1-12-9-6-2-4-8-5-3-7-11-10(8)9;3-1(4)2(5)6/h2,4,6,11H,3,5,7H2,1H3;(H,3,4)(H,5,6). The molecule has 3 N–H and O–H groups in total. The third-order valence-corrected chi connectivity index (χ3v) is 2.44. The van der Waals surface area contributed by atoms with Crippen LogP contribution in [0.3, 0.4) is 0 Å². The highest BCUT2D eigenvalue weighted by Gasteiger charge is 2.11. The first-order chi connectivity index (χ1) is 8.56. The first kappa shape index (κ1) is 13.8. The van der Waals surface area contributed by atoms with Gasteiger partial charge in [-0.05, 0) is 24.5 Å². The monoisotopic (exact) mass is 253 g/mol. The summed E-state index contributed by atoms with van der Waals surface area (Å²) in [6.45, 7) is 1.06. The number of methoxy groups -OCH3 is 1. The summed E-state index contributed by atoms with van der Waals surface area (Å²) in [6.07, 6.45) is 2.39. The number of para-hydroxylation sites is 1. The van der Waals surface area contributed by atoms with Gasteiger partial charge in [0.2, 0.25) is 0 Å². The van der Waals surface area contributed by atoms with Crippen LogP contribution in [0.1, 0.15) is 12.0 Å². The summed E-state index contributed by atoms with van der Waals surface area (Å²) in [7, 11) is 1.71. The second kappa shape index (κ2) is 6.48. The lowest BCUT2D eigenvalue weighted by atomic mass is 10.0. The van der Waals surface area contributed by atoms with E-state index in [0.717, 1.165) is 12.3 Å². The van der Waals surface area contributed by atoms with Gasteiger partial charge in [-0.15, -0.1) is 0 Å². The van der Waals surface area contributed by atoms with E-state index in [0.29, 0.717) is 0 Å². The molecule has 0 atom stereocenters. The lowest BCUT2D eigenvalue weighted by molar-refractivity contribution is -0.159. The van der Waals surface area contributed by atoms with Crippen LogP contribution in [0.4, 0.5) is 5.69 Å². The van der Waals surface area contributed by atoms with Crippen LogP contribution in [-0.4, -0.2) is 35.8 Å². The predicted octanol–water partition coefficient (Wildman–Crippen LogP) is 1.21. The van der Waals surface area contributed by atoms with E-state index >= 15 is 0 Å². The molecule has 0 saturated carbocycles. The lowest BCUT2D eigenvalue weighted by Gasteiger charge is -2.19. The van der Waals surface area contributed by atoms with Gasteiger partial charge < -0.3 is 20.3 Å². The zero-order valence-corrected chi connectivity index (χ0v) is 9.97. The van der Waals surface area contributed by atoms with Crippen molar-refractivity contribution in [1.82, 2.24) is 0 Å². The third kappa shape index (κ3) is 3.65. The Balaban J connectivity index is 0.000000232. The lowest BCUT2D eigenvalue weighted by Crippen LogP contribution is -2.12. The molecule has 0 unspecified atom stereocenters. The van der Waals surface area contributed by atoms with E-state index in [1.807, 2.05) is 12.1 Å². The van der Waals surface area contributed by atoms with E-state index in [1.54, 1.807) is 7.11 Å². The van der Waals surface area contributed by atoms with Crippen molar-refractivity contribution in [3.63, 3.8) is 0 Å². The number of benzene rings is 1. The molecule has 0 aliphatic carbocycles. The first-order valence-electron chi connectivity index (χ1n) is 5.42. The van der Waals surface area contributed by atoms with E-state index in [1.165, 1.54) is 24.1 Å². The van der Waals surface area contributed by atoms with Crippen LogP contribution in [0.25, 0.3) is 0 Å². The van der Waals surface area contributed by atoms with Gasteiger partial charge in [0, 0.05) is 6.54 Å². The molecule has 1 aliphatic rings. The maximum absolute atomic E-state index is 9.10. The summed E-state index contributed by atoms with van der Waals surface area (Å²) in [5, 5.41) is 18.1. The van der Waals surface area contributed by atoms with Gasteiger partial charge in [-0.3, -0.25) is 0 Å². The van der Waals surface area contributed by atoms with Gasteiger partial charge >= 0.3 is 11.9 Å². The van der Waals surface area contributed by atoms with E-state index in [2.05, 4.69) is 11.4 Å². The second-order valence-electron chi connectivity index (χ2n) is 3.64. The largest absolute Gasteiger partial charge is 0.495 e. The number of nitrogens with one attached hydrogen (secondary N) is 1. The molecule has 0 amide bonds. The minimum Gasteiger partial charge on any atom is -0.495 e. The third-order valence-electron chi connectivity index (χ3n) is 2.44. The summed E-state index contributed by atoms with van der Waals surface area (Å²) in [4.78, 5) is 18.2. The van der Waals surface area contributed by atoms with Gasteiger partial charge in [0.05, 0.1) is 12.8 Å². The number of hydrogen-bond donors (Lipinski definition) is 3. The SMILES string of the molecule is COc1cccc2c1NCCC2.O=C(O)C(=O)O. The smallest absolute Gasteiger partial charge is 0.414 e. The molecule has 98 valence electrons. The number of carboxylic acid groups (broad SMARTS) is 2. The highest BCUT2D eigenvalue weighted by molar-refractivity contribution is 6.27. The van der Waals surface area contributed by atoms with Crippen LogP contribution in [-0.2, 0) is 16.0 Å². The second-order valence-corrected chi connectivity index (χ2v) is 3.64. The number of aliphatic carboxylic acids is 2. The molecule has 18 heavy (non-hydrogen) atoms. The van der Waals surface area contributed by atoms with Crippen molar-refractivity contribution in [3.05, 3.63) is 23.8 Å². The molecule has 1 aromatic carbocycles. The molecular formula is C12H15NO5. The molecule has 1 heterocycles. The van der Waals surface area contributed by atoms with Crippen LogP contribution in [0.15, 0.2) is 18.2 Å². The number of rotatable bonds is 1. The zero-order valence-electron chi connectivity index (χ0n) is 9.97. The van der Waals surface area contributed by atoms with Crippen LogP contribution in [0, 0.1) is 0 Å². The van der Waals surface area contributed by atoms with Gasteiger partial charge in [-0.1, -0.05) is 12.1 Å². The molecule has 1 aliphatic heterocycles. The summed E-state index contributed by atoms with van der Waals surface area (Å²) in [5.41, 5.74) is 2.56. The Morgan fingerprint density at radius 2 is 1.94 bits per heavy atom. The number of aryl methyl sites for hydroxylation is 1. The summed E-state index contributed by atoms with van der Waals surface area (Å²) >= 11 is 0. The Morgan fingerprint density at radius 1 is 1.28 bits per heavy atom.